The molecule has 0 heterocycles. The molecule has 414 valence electrons. The molecule has 0 aromatic rings. The summed E-state index contributed by atoms with van der Waals surface area (Å²) in [6.45, 7) is 6.62. The molecule has 1 unspecified atom stereocenters. The van der Waals surface area contributed by atoms with Gasteiger partial charge in [-0.05, 0) is 83.5 Å². The van der Waals surface area contributed by atoms with Crippen molar-refractivity contribution in [3.63, 3.8) is 0 Å². The molecule has 0 bridgehead atoms. The van der Waals surface area contributed by atoms with Gasteiger partial charge in [-0.25, -0.2) is 0 Å². The van der Waals surface area contributed by atoms with Crippen molar-refractivity contribution in [3.8, 4) is 0 Å². The van der Waals surface area contributed by atoms with Crippen molar-refractivity contribution in [1.82, 2.24) is 0 Å². The standard InChI is InChI=1S/C65H118O6/c1-4-7-10-13-16-18-20-22-24-26-28-30-32-34-36-38-40-42-44-46-49-52-55-58-64(67)70-61-62(60-69-63(66)57-54-51-48-15-12-9-6-3)71-65(68)59-56-53-50-47-45-43-41-39-37-35-33-31-29-27-25-23-21-19-17-14-11-8-5-2/h20,22,26-29,32,34,62H,4-19,21,23-25,30-31,33,35-61H2,1-3H3/b22-20-,28-26-,29-27-,34-32-. The maximum absolute atomic E-state index is 12.8. The number of esters is 3. The fourth-order valence-corrected chi connectivity index (χ4v) is 9.09. The van der Waals surface area contributed by atoms with Crippen molar-refractivity contribution < 1.29 is 28.6 Å². The Bertz CT molecular complexity index is 1230. The highest BCUT2D eigenvalue weighted by Crippen LogP contribution is 2.16. The summed E-state index contributed by atoms with van der Waals surface area (Å²) in [5.41, 5.74) is 0. The average Bonchev–Trinajstić information content (AvgIpc) is 3.37. The monoisotopic (exact) mass is 995 g/mol. The van der Waals surface area contributed by atoms with Crippen LogP contribution in [-0.2, 0) is 28.6 Å². The summed E-state index contributed by atoms with van der Waals surface area (Å²) in [4.78, 5) is 38.0. The molecular formula is C65H118O6. The predicted molar refractivity (Wildman–Crippen MR) is 307 cm³/mol. The van der Waals surface area contributed by atoms with Gasteiger partial charge in [-0.3, -0.25) is 14.4 Å². The Morgan fingerprint density at radius 3 is 0.803 bits per heavy atom. The summed E-state index contributed by atoms with van der Waals surface area (Å²) in [7, 11) is 0. The van der Waals surface area contributed by atoms with Gasteiger partial charge >= 0.3 is 17.9 Å². The molecule has 0 aromatic carbocycles. The van der Waals surface area contributed by atoms with E-state index in [0.29, 0.717) is 19.3 Å². The molecule has 0 aromatic heterocycles. The Morgan fingerprint density at radius 1 is 0.282 bits per heavy atom. The Balaban J connectivity index is 4.15. The zero-order valence-corrected chi connectivity index (χ0v) is 47.5. The van der Waals surface area contributed by atoms with Gasteiger partial charge in [0.05, 0.1) is 0 Å². The minimum Gasteiger partial charge on any atom is -0.462 e. The first-order chi connectivity index (χ1) is 35.0. The quantitative estimate of drug-likeness (QED) is 0.0261. The first-order valence-electron chi connectivity index (χ1n) is 31.1. The maximum atomic E-state index is 12.8. The Hall–Kier alpha value is -2.63. The fourth-order valence-electron chi connectivity index (χ4n) is 9.09. The normalized spacial score (nSPS) is 12.3. The Labute approximate surface area is 441 Å². The highest BCUT2D eigenvalue weighted by atomic mass is 16.6. The largest absolute Gasteiger partial charge is 0.462 e. The van der Waals surface area contributed by atoms with Gasteiger partial charge in [0.1, 0.15) is 13.2 Å². The molecule has 0 saturated heterocycles. The van der Waals surface area contributed by atoms with Gasteiger partial charge < -0.3 is 14.2 Å². The van der Waals surface area contributed by atoms with Crippen molar-refractivity contribution in [2.24, 2.45) is 0 Å². The van der Waals surface area contributed by atoms with Gasteiger partial charge in [-0.2, -0.15) is 0 Å². The van der Waals surface area contributed by atoms with Gasteiger partial charge in [-0.15, -0.1) is 0 Å². The molecule has 6 heteroatoms. The van der Waals surface area contributed by atoms with Crippen LogP contribution < -0.4 is 0 Å². The van der Waals surface area contributed by atoms with Crippen LogP contribution in [0, 0.1) is 0 Å². The van der Waals surface area contributed by atoms with Crippen LogP contribution in [0.25, 0.3) is 0 Å². The van der Waals surface area contributed by atoms with Crippen LogP contribution >= 0.6 is 0 Å². The summed E-state index contributed by atoms with van der Waals surface area (Å²) in [6.07, 6.45) is 74.2. The van der Waals surface area contributed by atoms with Crippen molar-refractivity contribution in [3.05, 3.63) is 48.6 Å². The summed E-state index contributed by atoms with van der Waals surface area (Å²) in [5.74, 6) is -0.873. The third-order valence-corrected chi connectivity index (χ3v) is 13.8. The molecule has 0 aliphatic rings. The van der Waals surface area contributed by atoms with Crippen LogP contribution in [-0.4, -0.2) is 37.2 Å². The third kappa shape index (κ3) is 58.1. The molecule has 0 fully saturated rings. The van der Waals surface area contributed by atoms with Crippen LogP contribution in [0.3, 0.4) is 0 Å². The number of unbranched alkanes of at least 4 members (excludes halogenated alkanes) is 38. The lowest BCUT2D eigenvalue weighted by Crippen LogP contribution is -2.30. The average molecular weight is 996 g/mol. The Kier molecular flexibility index (Phi) is 57.7. The van der Waals surface area contributed by atoms with Crippen molar-refractivity contribution in [2.45, 2.75) is 335 Å². The number of hydrogen-bond donors (Lipinski definition) is 0. The SMILES string of the molecule is CCCCCCC/C=C\C/C=C\C/C=C\CCCCCCCCCCC(=O)OCC(COC(=O)CCCCCCCCC)OC(=O)CCCCCCCCCCCCC/C=C\CCCCCCCCCC. The molecule has 6 nitrogen and oxygen atoms in total. The number of rotatable bonds is 57. The fraction of sp³-hybridized carbons (Fsp3) is 0.831. The topological polar surface area (TPSA) is 78.9 Å². The van der Waals surface area contributed by atoms with E-state index < -0.39 is 6.10 Å². The summed E-state index contributed by atoms with van der Waals surface area (Å²) in [6, 6.07) is 0. The van der Waals surface area contributed by atoms with Crippen molar-refractivity contribution in [1.29, 1.82) is 0 Å². The summed E-state index contributed by atoms with van der Waals surface area (Å²) >= 11 is 0. The lowest BCUT2D eigenvalue weighted by Gasteiger charge is -2.18. The van der Waals surface area contributed by atoms with E-state index in [0.717, 1.165) is 77.0 Å². The van der Waals surface area contributed by atoms with E-state index in [-0.39, 0.29) is 31.1 Å². The number of carbonyl (C=O) groups is 3. The van der Waals surface area contributed by atoms with E-state index in [2.05, 4.69) is 69.4 Å². The number of ether oxygens (including phenoxy) is 3. The predicted octanol–water partition coefficient (Wildman–Crippen LogP) is 21.0. The molecule has 1 atom stereocenters. The first kappa shape index (κ1) is 68.4. The van der Waals surface area contributed by atoms with E-state index >= 15 is 0 Å². The second-order valence-electron chi connectivity index (χ2n) is 21.0. The number of hydrogen-bond acceptors (Lipinski definition) is 6. The second-order valence-corrected chi connectivity index (χ2v) is 21.0. The van der Waals surface area contributed by atoms with Crippen LogP contribution in [0.5, 0.6) is 0 Å². The smallest absolute Gasteiger partial charge is 0.306 e. The molecule has 71 heavy (non-hydrogen) atoms. The van der Waals surface area contributed by atoms with Gasteiger partial charge in [0.2, 0.25) is 0 Å². The minimum absolute atomic E-state index is 0.0735. The molecule has 0 aliphatic heterocycles. The molecule has 0 N–H and O–H groups in total. The minimum atomic E-state index is -0.773. The molecular weight excluding hydrogens is 877 g/mol. The van der Waals surface area contributed by atoms with Crippen molar-refractivity contribution in [2.75, 3.05) is 13.2 Å². The van der Waals surface area contributed by atoms with Gasteiger partial charge in [0, 0.05) is 19.3 Å². The van der Waals surface area contributed by atoms with Gasteiger partial charge in [0.25, 0.3) is 0 Å². The number of carbonyl (C=O) groups excluding carboxylic acids is 3. The lowest BCUT2D eigenvalue weighted by atomic mass is 10.0. The highest BCUT2D eigenvalue weighted by molar-refractivity contribution is 5.71. The van der Waals surface area contributed by atoms with E-state index in [4.69, 9.17) is 14.2 Å². The van der Waals surface area contributed by atoms with E-state index in [1.165, 1.54) is 212 Å². The molecule has 0 rings (SSSR count). The molecule has 0 saturated carbocycles. The van der Waals surface area contributed by atoms with Crippen LogP contribution in [0.4, 0.5) is 0 Å². The van der Waals surface area contributed by atoms with E-state index in [1.807, 2.05) is 0 Å². The molecule has 0 amide bonds. The van der Waals surface area contributed by atoms with Crippen LogP contribution in [0.15, 0.2) is 48.6 Å². The number of allylic oxidation sites excluding steroid dienone is 8. The Morgan fingerprint density at radius 2 is 0.507 bits per heavy atom. The first-order valence-corrected chi connectivity index (χ1v) is 31.1. The van der Waals surface area contributed by atoms with Crippen LogP contribution in [0.1, 0.15) is 329 Å². The molecule has 0 aliphatic carbocycles. The van der Waals surface area contributed by atoms with Crippen molar-refractivity contribution >= 4 is 17.9 Å². The molecule has 0 spiro atoms. The van der Waals surface area contributed by atoms with E-state index in [9.17, 15) is 14.4 Å². The third-order valence-electron chi connectivity index (χ3n) is 13.8. The summed E-state index contributed by atoms with van der Waals surface area (Å²) in [5, 5.41) is 0. The lowest BCUT2D eigenvalue weighted by molar-refractivity contribution is -0.167. The highest BCUT2D eigenvalue weighted by Gasteiger charge is 2.19. The van der Waals surface area contributed by atoms with Crippen LogP contribution in [0.2, 0.25) is 0 Å². The zero-order valence-electron chi connectivity index (χ0n) is 47.5. The van der Waals surface area contributed by atoms with E-state index in [1.54, 1.807) is 0 Å². The maximum Gasteiger partial charge on any atom is 0.306 e. The summed E-state index contributed by atoms with van der Waals surface area (Å²) < 4.78 is 16.8. The molecule has 0 radical (unpaired) electrons. The van der Waals surface area contributed by atoms with Gasteiger partial charge in [-0.1, -0.05) is 275 Å². The van der Waals surface area contributed by atoms with Gasteiger partial charge in [0.15, 0.2) is 6.10 Å². The second kappa shape index (κ2) is 59.9. The zero-order chi connectivity index (χ0) is 51.4.